The van der Waals surface area contributed by atoms with Crippen LogP contribution in [0.15, 0.2) is 42.0 Å². The molecule has 3 rings (SSSR count). The van der Waals surface area contributed by atoms with E-state index >= 15 is 0 Å². The zero-order valence-corrected chi connectivity index (χ0v) is 13.6. The van der Waals surface area contributed by atoms with E-state index < -0.39 is 0 Å². The van der Waals surface area contributed by atoms with E-state index in [0.717, 1.165) is 44.1 Å². The lowest BCUT2D eigenvalue weighted by Gasteiger charge is -2.35. The Bertz CT molecular complexity index is 591. The minimum atomic E-state index is -0.0161. The first-order valence-electron chi connectivity index (χ1n) is 8.76. The van der Waals surface area contributed by atoms with Gasteiger partial charge in [-0.2, -0.15) is 0 Å². The molecule has 122 valence electrons. The largest absolute Gasteiger partial charge is 0.352 e. The van der Waals surface area contributed by atoms with E-state index in [-0.39, 0.29) is 11.8 Å². The van der Waals surface area contributed by atoms with Crippen LogP contribution in [-0.2, 0) is 16.0 Å². The summed E-state index contributed by atoms with van der Waals surface area (Å²) in [5.41, 5.74) is 2.38. The smallest absolute Gasteiger partial charge is 0.243 e. The molecule has 3 nitrogen and oxygen atoms in total. The standard InChI is InChI=1S/C20H25NO2/c22-19-8-4-7-17-10-9-16(13-18(17)19)14-20(23)21-12-11-15-5-2-1-3-6-15/h1-3,5-6,14,17-18H,4,7-13H2,(H,21,23)/b16-14-/t17-,18-/m0/s1. The highest BCUT2D eigenvalue weighted by atomic mass is 16.1. The Morgan fingerprint density at radius 2 is 2.00 bits per heavy atom. The van der Waals surface area contributed by atoms with Crippen LogP contribution in [0, 0.1) is 11.8 Å². The molecule has 0 spiro atoms. The first kappa shape index (κ1) is 16.0. The molecule has 0 radical (unpaired) electrons. The van der Waals surface area contributed by atoms with E-state index in [0.29, 0.717) is 18.2 Å². The number of ketones is 1. The van der Waals surface area contributed by atoms with Crippen LogP contribution in [-0.4, -0.2) is 18.2 Å². The summed E-state index contributed by atoms with van der Waals surface area (Å²) in [5, 5.41) is 2.96. The number of Topliss-reactive ketones (excluding diaryl/α,β-unsaturated/α-hetero) is 1. The molecule has 1 N–H and O–H groups in total. The van der Waals surface area contributed by atoms with Crippen LogP contribution in [0.5, 0.6) is 0 Å². The first-order valence-corrected chi connectivity index (χ1v) is 8.76. The molecule has 0 bridgehead atoms. The molecule has 0 heterocycles. The minimum Gasteiger partial charge on any atom is -0.352 e. The molecule has 0 saturated heterocycles. The van der Waals surface area contributed by atoms with Gasteiger partial charge < -0.3 is 5.32 Å². The van der Waals surface area contributed by atoms with E-state index in [1.807, 2.05) is 18.2 Å². The van der Waals surface area contributed by atoms with E-state index in [1.165, 1.54) is 12.0 Å². The van der Waals surface area contributed by atoms with Crippen molar-refractivity contribution in [2.45, 2.75) is 44.9 Å². The molecule has 0 unspecified atom stereocenters. The van der Waals surface area contributed by atoms with Gasteiger partial charge in [0.2, 0.25) is 5.91 Å². The lowest BCUT2D eigenvalue weighted by molar-refractivity contribution is -0.127. The molecule has 2 aliphatic carbocycles. The molecule has 1 aromatic carbocycles. The Kier molecular flexibility index (Phi) is 5.27. The van der Waals surface area contributed by atoms with E-state index in [1.54, 1.807) is 6.08 Å². The number of benzene rings is 1. The third-order valence-electron chi connectivity index (χ3n) is 5.19. The molecule has 1 amide bonds. The zero-order valence-electron chi connectivity index (χ0n) is 13.6. The van der Waals surface area contributed by atoms with Crippen molar-refractivity contribution in [1.82, 2.24) is 5.32 Å². The summed E-state index contributed by atoms with van der Waals surface area (Å²) in [5.74, 6) is 1.14. The molecule has 2 saturated carbocycles. The summed E-state index contributed by atoms with van der Waals surface area (Å²) in [6.45, 7) is 0.650. The van der Waals surface area contributed by atoms with Gasteiger partial charge in [0.05, 0.1) is 0 Å². The average molecular weight is 311 g/mol. The maximum Gasteiger partial charge on any atom is 0.243 e. The maximum absolute atomic E-state index is 12.1. The average Bonchev–Trinajstić information content (AvgIpc) is 2.57. The fourth-order valence-corrected chi connectivity index (χ4v) is 3.91. The van der Waals surface area contributed by atoms with Crippen LogP contribution in [0.25, 0.3) is 0 Å². The van der Waals surface area contributed by atoms with Crippen molar-refractivity contribution in [2.24, 2.45) is 11.8 Å². The summed E-state index contributed by atoms with van der Waals surface area (Å²) >= 11 is 0. The zero-order chi connectivity index (χ0) is 16.1. The molecule has 1 aromatic rings. The van der Waals surface area contributed by atoms with Crippen LogP contribution < -0.4 is 5.32 Å². The van der Waals surface area contributed by atoms with Gasteiger partial charge >= 0.3 is 0 Å². The molecule has 2 atom stereocenters. The normalized spacial score (nSPS) is 25.9. The lowest BCUT2D eigenvalue weighted by Crippen LogP contribution is -2.32. The van der Waals surface area contributed by atoms with E-state index in [2.05, 4.69) is 17.4 Å². The highest BCUT2D eigenvalue weighted by Crippen LogP contribution is 2.40. The quantitative estimate of drug-likeness (QED) is 0.866. The number of rotatable bonds is 4. The van der Waals surface area contributed by atoms with E-state index in [9.17, 15) is 9.59 Å². The third kappa shape index (κ3) is 4.31. The molecule has 3 heteroatoms. The number of hydrogen-bond donors (Lipinski definition) is 1. The monoisotopic (exact) mass is 311 g/mol. The van der Waals surface area contributed by atoms with Crippen LogP contribution in [0.2, 0.25) is 0 Å². The second kappa shape index (κ2) is 7.58. The van der Waals surface area contributed by atoms with Gasteiger partial charge in [-0.05, 0) is 50.0 Å². The van der Waals surface area contributed by atoms with Crippen molar-refractivity contribution in [3.05, 3.63) is 47.5 Å². The third-order valence-corrected chi connectivity index (χ3v) is 5.19. The topological polar surface area (TPSA) is 46.2 Å². The van der Waals surface area contributed by atoms with Gasteiger partial charge in [-0.1, -0.05) is 35.9 Å². The van der Waals surface area contributed by atoms with Crippen molar-refractivity contribution in [1.29, 1.82) is 0 Å². The Morgan fingerprint density at radius 3 is 2.83 bits per heavy atom. The van der Waals surface area contributed by atoms with E-state index in [4.69, 9.17) is 0 Å². The van der Waals surface area contributed by atoms with Gasteiger partial charge in [0, 0.05) is 25.0 Å². The Morgan fingerprint density at radius 1 is 1.17 bits per heavy atom. The summed E-state index contributed by atoms with van der Waals surface area (Å²) in [4.78, 5) is 24.1. The fourth-order valence-electron chi connectivity index (χ4n) is 3.91. The van der Waals surface area contributed by atoms with Gasteiger partial charge in [0.25, 0.3) is 0 Å². The summed E-state index contributed by atoms with van der Waals surface area (Å²) in [6, 6.07) is 10.2. The summed E-state index contributed by atoms with van der Waals surface area (Å²) < 4.78 is 0. The van der Waals surface area contributed by atoms with Gasteiger partial charge in [-0.3, -0.25) is 9.59 Å². The molecule has 23 heavy (non-hydrogen) atoms. The minimum absolute atomic E-state index is 0.0161. The molecule has 2 fully saturated rings. The number of nitrogens with one attached hydrogen (secondary N) is 1. The van der Waals surface area contributed by atoms with Crippen LogP contribution in [0.3, 0.4) is 0 Å². The summed E-state index contributed by atoms with van der Waals surface area (Å²) in [6.07, 6.45) is 8.40. The molecular formula is C20H25NO2. The highest BCUT2D eigenvalue weighted by molar-refractivity contribution is 5.88. The fraction of sp³-hybridized carbons (Fsp3) is 0.500. The number of hydrogen-bond acceptors (Lipinski definition) is 2. The predicted octanol–water partition coefficient (Wildman–Crippen LogP) is 3.44. The molecule has 2 aliphatic rings. The second-order valence-corrected chi connectivity index (χ2v) is 6.80. The van der Waals surface area contributed by atoms with Crippen LogP contribution in [0.1, 0.15) is 44.1 Å². The summed E-state index contributed by atoms with van der Waals surface area (Å²) in [7, 11) is 0. The first-order chi connectivity index (χ1) is 11.2. The van der Waals surface area contributed by atoms with Crippen molar-refractivity contribution < 1.29 is 9.59 Å². The van der Waals surface area contributed by atoms with Crippen molar-refractivity contribution in [3.8, 4) is 0 Å². The van der Waals surface area contributed by atoms with Gasteiger partial charge in [0.1, 0.15) is 5.78 Å². The van der Waals surface area contributed by atoms with Crippen molar-refractivity contribution in [2.75, 3.05) is 6.54 Å². The predicted molar refractivity (Wildman–Crippen MR) is 90.9 cm³/mol. The lowest BCUT2D eigenvalue weighted by atomic mass is 9.69. The number of carbonyl (C=O) groups excluding carboxylic acids is 2. The Balaban J connectivity index is 1.48. The van der Waals surface area contributed by atoms with Crippen molar-refractivity contribution in [3.63, 3.8) is 0 Å². The van der Waals surface area contributed by atoms with Crippen LogP contribution in [0.4, 0.5) is 0 Å². The Labute approximate surface area is 138 Å². The number of carbonyl (C=O) groups is 2. The molecule has 0 aromatic heterocycles. The van der Waals surface area contributed by atoms with Crippen molar-refractivity contribution >= 4 is 11.7 Å². The molecular weight excluding hydrogens is 286 g/mol. The van der Waals surface area contributed by atoms with Gasteiger partial charge in [-0.15, -0.1) is 0 Å². The number of amides is 1. The maximum atomic E-state index is 12.1. The number of allylic oxidation sites excluding steroid dienone is 1. The Hall–Kier alpha value is -1.90. The van der Waals surface area contributed by atoms with Gasteiger partial charge in [0.15, 0.2) is 0 Å². The van der Waals surface area contributed by atoms with Crippen LogP contribution >= 0.6 is 0 Å². The highest BCUT2D eigenvalue weighted by Gasteiger charge is 2.35. The second-order valence-electron chi connectivity index (χ2n) is 6.80. The van der Waals surface area contributed by atoms with Gasteiger partial charge in [-0.25, -0.2) is 0 Å². The SMILES string of the molecule is O=C(/C=C1/CC[C@@H]2CCCC(=O)[C@H]2C1)NCCc1ccccc1. The molecule has 0 aliphatic heterocycles. The number of fused-ring (bicyclic) bond motifs is 1.